The fourth-order valence-corrected chi connectivity index (χ4v) is 3.98. The van der Waals surface area contributed by atoms with Gasteiger partial charge in [-0.05, 0) is 18.2 Å². The van der Waals surface area contributed by atoms with Gasteiger partial charge >= 0.3 is 5.97 Å². The van der Waals surface area contributed by atoms with Crippen LogP contribution >= 0.6 is 22.9 Å². The molecule has 0 saturated heterocycles. The first-order chi connectivity index (χ1) is 9.83. The lowest BCUT2D eigenvalue weighted by atomic mass is 10.3. The first kappa shape index (κ1) is 15.6. The summed E-state index contributed by atoms with van der Waals surface area (Å²) in [6, 6.07) is 5.58. The van der Waals surface area contributed by atoms with Gasteiger partial charge in [0.15, 0.2) is 0 Å². The molecule has 0 radical (unpaired) electrons. The van der Waals surface area contributed by atoms with Gasteiger partial charge in [0, 0.05) is 11.4 Å². The topological polar surface area (TPSA) is 92.7 Å². The number of ether oxygens (including phenoxy) is 1. The summed E-state index contributed by atoms with van der Waals surface area (Å²) in [5.74, 6) is -0.692. The molecule has 112 valence electrons. The van der Waals surface area contributed by atoms with Crippen LogP contribution in [0.4, 0.5) is 5.69 Å². The number of carboxylic acid groups (broad SMARTS) is 1. The van der Waals surface area contributed by atoms with Crippen molar-refractivity contribution in [2.45, 2.75) is 4.21 Å². The molecule has 0 spiro atoms. The van der Waals surface area contributed by atoms with E-state index in [9.17, 15) is 13.2 Å². The van der Waals surface area contributed by atoms with E-state index in [1.165, 1.54) is 24.6 Å². The quantitative estimate of drug-likeness (QED) is 0.867. The Hall–Kier alpha value is -1.77. The molecule has 0 aliphatic carbocycles. The molecule has 1 aromatic carbocycles. The Bertz CT molecular complexity index is 785. The van der Waals surface area contributed by atoms with Crippen LogP contribution in [0.2, 0.25) is 5.02 Å². The third-order valence-corrected chi connectivity index (χ3v) is 5.63. The minimum atomic E-state index is -3.89. The standard InChI is InChI=1S/C12H10ClNO5S2/c1-19-8-2-3-10(9(13)5-8)14-21(17,18)11-4-7(6-20-11)12(15)16/h2-6,14H,1H3,(H,15,16). The first-order valence-electron chi connectivity index (χ1n) is 5.51. The Labute approximate surface area is 130 Å². The summed E-state index contributed by atoms with van der Waals surface area (Å²) in [6.07, 6.45) is 0. The molecule has 0 unspecified atom stereocenters. The monoisotopic (exact) mass is 347 g/mol. The zero-order valence-corrected chi connectivity index (χ0v) is 13.1. The predicted octanol–water partition coefficient (Wildman–Crippen LogP) is 2.91. The molecule has 1 aromatic heterocycles. The second kappa shape index (κ2) is 5.92. The van der Waals surface area contributed by atoms with Crippen LogP contribution in [-0.4, -0.2) is 26.6 Å². The van der Waals surface area contributed by atoms with Crippen molar-refractivity contribution in [1.29, 1.82) is 0 Å². The van der Waals surface area contributed by atoms with Gasteiger partial charge in [0.1, 0.15) is 9.96 Å². The molecular weight excluding hydrogens is 338 g/mol. The van der Waals surface area contributed by atoms with E-state index in [1.54, 1.807) is 6.07 Å². The number of thiophene rings is 1. The smallest absolute Gasteiger partial charge is 0.336 e. The number of anilines is 1. The van der Waals surface area contributed by atoms with Gasteiger partial charge in [-0.25, -0.2) is 13.2 Å². The molecule has 0 bridgehead atoms. The zero-order chi connectivity index (χ0) is 15.6. The lowest BCUT2D eigenvalue weighted by Gasteiger charge is -2.09. The van der Waals surface area contributed by atoms with Crippen molar-refractivity contribution >= 4 is 44.6 Å². The second-order valence-electron chi connectivity index (χ2n) is 3.91. The second-order valence-corrected chi connectivity index (χ2v) is 7.14. The Morgan fingerprint density at radius 2 is 2.10 bits per heavy atom. The third-order valence-electron chi connectivity index (χ3n) is 2.51. The summed E-state index contributed by atoms with van der Waals surface area (Å²) in [7, 11) is -2.42. The van der Waals surface area contributed by atoms with Crippen LogP contribution in [-0.2, 0) is 10.0 Å². The zero-order valence-electron chi connectivity index (χ0n) is 10.7. The van der Waals surface area contributed by atoms with Crippen LogP contribution in [0, 0.1) is 0 Å². The highest BCUT2D eigenvalue weighted by Gasteiger charge is 2.20. The average molecular weight is 348 g/mol. The molecule has 1 heterocycles. The molecule has 6 nitrogen and oxygen atoms in total. The van der Waals surface area contributed by atoms with Gasteiger partial charge in [0.05, 0.1) is 23.4 Å². The van der Waals surface area contributed by atoms with Gasteiger partial charge in [0.25, 0.3) is 10.0 Å². The van der Waals surface area contributed by atoms with Crippen LogP contribution in [0.5, 0.6) is 5.75 Å². The number of methoxy groups -OCH3 is 1. The number of rotatable bonds is 5. The predicted molar refractivity (Wildman–Crippen MR) is 80.1 cm³/mol. The molecule has 21 heavy (non-hydrogen) atoms. The van der Waals surface area contributed by atoms with Crippen molar-refractivity contribution in [1.82, 2.24) is 0 Å². The highest BCUT2D eigenvalue weighted by atomic mass is 35.5. The minimum absolute atomic E-state index is 0.0822. The van der Waals surface area contributed by atoms with E-state index in [4.69, 9.17) is 21.4 Å². The van der Waals surface area contributed by atoms with E-state index in [2.05, 4.69) is 4.72 Å². The Morgan fingerprint density at radius 1 is 1.38 bits per heavy atom. The molecule has 0 aliphatic rings. The fraction of sp³-hybridized carbons (Fsp3) is 0.0833. The number of hydrogen-bond acceptors (Lipinski definition) is 5. The van der Waals surface area contributed by atoms with Crippen molar-refractivity contribution in [2.75, 3.05) is 11.8 Å². The highest BCUT2D eigenvalue weighted by molar-refractivity contribution is 7.94. The largest absolute Gasteiger partial charge is 0.497 e. The summed E-state index contributed by atoms with van der Waals surface area (Å²) < 4.78 is 31.5. The molecule has 9 heteroatoms. The van der Waals surface area contributed by atoms with Crippen LogP contribution in [0.3, 0.4) is 0 Å². The average Bonchev–Trinajstić information content (AvgIpc) is 2.91. The Balaban J connectivity index is 2.30. The maximum atomic E-state index is 12.2. The molecule has 2 aromatic rings. The van der Waals surface area contributed by atoms with E-state index >= 15 is 0 Å². The Morgan fingerprint density at radius 3 is 2.62 bits per heavy atom. The molecule has 2 N–H and O–H groups in total. The lowest BCUT2D eigenvalue weighted by Crippen LogP contribution is -2.12. The van der Waals surface area contributed by atoms with Crippen LogP contribution < -0.4 is 9.46 Å². The normalized spacial score (nSPS) is 11.1. The van der Waals surface area contributed by atoms with E-state index in [0.29, 0.717) is 5.75 Å². The number of carbonyl (C=O) groups is 1. The summed E-state index contributed by atoms with van der Waals surface area (Å²) >= 11 is 6.78. The van der Waals surface area contributed by atoms with Crippen molar-refractivity contribution < 1.29 is 23.1 Å². The van der Waals surface area contributed by atoms with Crippen molar-refractivity contribution in [3.8, 4) is 5.75 Å². The molecule has 0 amide bonds. The molecule has 0 atom stereocenters. The number of benzene rings is 1. The summed E-state index contributed by atoms with van der Waals surface area (Å²) in [5, 5.41) is 10.2. The molecule has 0 fully saturated rings. The minimum Gasteiger partial charge on any atom is -0.497 e. The number of nitrogens with one attached hydrogen (secondary N) is 1. The SMILES string of the molecule is COc1ccc(NS(=O)(=O)c2cc(C(=O)O)cs2)c(Cl)c1. The van der Waals surface area contributed by atoms with Crippen LogP contribution in [0.1, 0.15) is 10.4 Å². The molecular formula is C12H10ClNO5S2. The van der Waals surface area contributed by atoms with E-state index < -0.39 is 16.0 Å². The van der Waals surface area contributed by atoms with Gasteiger partial charge in [0.2, 0.25) is 0 Å². The van der Waals surface area contributed by atoms with Gasteiger partial charge in [-0.3, -0.25) is 4.72 Å². The Kier molecular flexibility index (Phi) is 4.40. The molecule has 0 saturated carbocycles. The summed E-state index contributed by atoms with van der Waals surface area (Å²) in [6.45, 7) is 0. The van der Waals surface area contributed by atoms with Crippen LogP contribution in [0.25, 0.3) is 0 Å². The highest BCUT2D eigenvalue weighted by Crippen LogP contribution is 2.30. The number of hydrogen-bond donors (Lipinski definition) is 2. The van der Waals surface area contributed by atoms with Gasteiger partial charge in [-0.15, -0.1) is 11.3 Å². The summed E-state index contributed by atoms with van der Waals surface area (Å²) in [4.78, 5) is 10.8. The third kappa shape index (κ3) is 3.46. The number of carboxylic acids is 1. The van der Waals surface area contributed by atoms with Gasteiger partial charge < -0.3 is 9.84 Å². The van der Waals surface area contributed by atoms with E-state index in [1.807, 2.05) is 0 Å². The number of aromatic carboxylic acids is 1. The van der Waals surface area contributed by atoms with Gasteiger partial charge in [-0.2, -0.15) is 0 Å². The fourth-order valence-electron chi connectivity index (χ4n) is 1.47. The van der Waals surface area contributed by atoms with E-state index in [0.717, 1.165) is 17.4 Å². The molecule has 2 rings (SSSR count). The number of halogens is 1. The summed E-state index contributed by atoms with van der Waals surface area (Å²) in [5.41, 5.74) is 0.101. The lowest BCUT2D eigenvalue weighted by molar-refractivity contribution is 0.0697. The van der Waals surface area contributed by atoms with Gasteiger partial charge in [-0.1, -0.05) is 11.6 Å². The number of sulfonamides is 1. The maximum absolute atomic E-state index is 12.2. The molecule has 0 aliphatic heterocycles. The van der Waals surface area contributed by atoms with Crippen LogP contribution in [0.15, 0.2) is 33.9 Å². The first-order valence-corrected chi connectivity index (χ1v) is 8.26. The van der Waals surface area contributed by atoms with Crippen molar-refractivity contribution in [3.05, 3.63) is 40.2 Å². The van der Waals surface area contributed by atoms with E-state index in [-0.39, 0.29) is 20.5 Å². The van der Waals surface area contributed by atoms with Crippen molar-refractivity contribution in [2.24, 2.45) is 0 Å². The van der Waals surface area contributed by atoms with Crippen molar-refractivity contribution in [3.63, 3.8) is 0 Å². The maximum Gasteiger partial charge on any atom is 0.336 e.